The number of aromatic nitrogens is 2. The van der Waals surface area contributed by atoms with E-state index in [0.717, 1.165) is 11.3 Å². The molecule has 0 unspecified atom stereocenters. The summed E-state index contributed by atoms with van der Waals surface area (Å²) in [6.45, 7) is 5.27. The molecule has 0 aliphatic carbocycles. The summed E-state index contributed by atoms with van der Waals surface area (Å²) in [5, 5.41) is 6.02. The first kappa shape index (κ1) is 24.7. The highest BCUT2D eigenvalue weighted by Crippen LogP contribution is 2.28. The van der Waals surface area contributed by atoms with Crippen molar-refractivity contribution in [1.29, 1.82) is 0 Å². The van der Waals surface area contributed by atoms with Gasteiger partial charge < -0.3 is 20.1 Å². The van der Waals surface area contributed by atoms with Crippen molar-refractivity contribution in [2.45, 2.75) is 20.4 Å². The van der Waals surface area contributed by atoms with Crippen LogP contribution >= 0.6 is 0 Å². The van der Waals surface area contributed by atoms with E-state index in [1.54, 1.807) is 48.8 Å². The Bertz CT molecular complexity index is 1310. The second-order valence-corrected chi connectivity index (χ2v) is 7.84. The molecule has 0 aliphatic rings. The predicted molar refractivity (Wildman–Crippen MR) is 137 cm³/mol. The van der Waals surface area contributed by atoms with Gasteiger partial charge in [0.15, 0.2) is 11.5 Å². The third kappa shape index (κ3) is 6.35. The fourth-order valence-electron chi connectivity index (χ4n) is 3.53. The van der Waals surface area contributed by atoms with Gasteiger partial charge in [-0.25, -0.2) is 14.4 Å². The van der Waals surface area contributed by atoms with E-state index in [1.807, 2.05) is 32.0 Å². The number of carbonyl (C=O) groups is 1. The number of hydrogen-bond donors (Lipinski definition) is 2. The molecule has 4 rings (SSSR count). The molecule has 2 N–H and O–H groups in total. The zero-order valence-corrected chi connectivity index (χ0v) is 20.1. The molecule has 0 saturated heterocycles. The highest BCUT2D eigenvalue weighted by molar-refractivity contribution is 5.94. The van der Waals surface area contributed by atoms with E-state index in [0.29, 0.717) is 53.9 Å². The second-order valence-electron chi connectivity index (χ2n) is 7.84. The first-order valence-electron chi connectivity index (χ1n) is 11.7. The number of amides is 1. The largest absolute Gasteiger partial charge is 0.490 e. The lowest BCUT2D eigenvalue weighted by atomic mass is 10.1. The quantitative estimate of drug-likeness (QED) is 0.297. The van der Waals surface area contributed by atoms with Crippen LogP contribution in [0.1, 0.15) is 29.8 Å². The normalized spacial score (nSPS) is 10.5. The minimum atomic E-state index is -0.312. The Balaban J connectivity index is 1.34. The van der Waals surface area contributed by atoms with Crippen LogP contribution in [0, 0.1) is 5.82 Å². The van der Waals surface area contributed by atoms with Crippen molar-refractivity contribution in [3.8, 4) is 22.6 Å². The number of rotatable bonds is 10. The summed E-state index contributed by atoms with van der Waals surface area (Å²) in [4.78, 5) is 21.2. The van der Waals surface area contributed by atoms with Crippen molar-refractivity contribution >= 4 is 17.5 Å². The van der Waals surface area contributed by atoms with Gasteiger partial charge in [-0.2, -0.15) is 0 Å². The van der Waals surface area contributed by atoms with Gasteiger partial charge in [-0.15, -0.1) is 0 Å². The average Bonchev–Trinajstić information content (AvgIpc) is 2.90. The molecular weight excluding hydrogens is 459 g/mol. The summed E-state index contributed by atoms with van der Waals surface area (Å²) in [7, 11) is 0. The minimum absolute atomic E-state index is 0.191. The molecule has 3 aromatic carbocycles. The SMILES string of the molecule is CCOc1ccc(CNC(=O)c2ccc(Nc3ncc(-c4cccc(F)c4)cn3)cc2)cc1OCC. The van der Waals surface area contributed by atoms with E-state index < -0.39 is 0 Å². The van der Waals surface area contributed by atoms with Crippen LogP contribution in [0.3, 0.4) is 0 Å². The Morgan fingerprint density at radius 1 is 0.861 bits per heavy atom. The summed E-state index contributed by atoms with van der Waals surface area (Å²) in [5.41, 5.74) is 3.59. The van der Waals surface area contributed by atoms with Crippen LogP contribution < -0.4 is 20.1 Å². The van der Waals surface area contributed by atoms with E-state index in [-0.39, 0.29) is 11.7 Å². The molecule has 0 fully saturated rings. The van der Waals surface area contributed by atoms with Gasteiger partial charge in [0.25, 0.3) is 5.91 Å². The molecule has 184 valence electrons. The highest BCUT2D eigenvalue weighted by Gasteiger charge is 2.09. The maximum atomic E-state index is 13.4. The van der Waals surface area contributed by atoms with Crippen LogP contribution in [-0.2, 0) is 6.54 Å². The Morgan fingerprint density at radius 2 is 1.58 bits per heavy atom. The Hall–Kier alpha value is -4.46. The highest BCUT2D eigenvalue weighted by atomic mass is 19.1. The topological polar surface area (TPSA) is 85.4 Å². The van der Waals surface area contributed by atoms with Crippen LogP contribution in [0.25, 0.3) is 11.1 Å². The van der Waals surface area contributed by atoms with E-state index in [1.165, 1.54) is 12.1 Å². The number of nitrogens with zero attached hydrogens (tertiary/aromatic N) is 2. The summed E-state index contributed by atoms with van der Waals surface area (Å²) in [6.07, 6.45) is 3.26. The molecule has 0 saturated carbocycles. The molecule has 8 heteroatoms. The number of carbonyl (C=O) groups excluding carboxylic acids is 1. The molecule has 0 spiro atoms. The molecule has 4 aromatic rings. The molecule has 0 radical (unpaired) electrons. The molecule has 1 heterocycles. The van der Waals surface area contributed by atoms with Crippen molar-refractivity contribution in [3.05, 3.63) is 96.1 Å². The van der Waals surface area contributed by atoms with Crippen LogP contribution in [0.5, 0.6) is 11.5 Å². The van der Waals surface area contributed by atoms with Gasteiger partial charge in [0, 0.05) is 35.8 Å². The van der Waals surface area contributed by atoms with Crippen molar-refractivity contribution in [1.82, 2.24) is 15.3 Å². The lowest BCUT2D eigenvalue weighted by molar-refractivity contribution is 0.0951. The third-order valence-electron chi connectivity index (χ3n) is 5.27. The van der Waals surface area contributed by atoms with Crippen molar-refractivity contribution in [3.63, 3.8) is 0 Å². The van der Waals surface area contributed by atoms with Gasteiger partial charge in [-0.05, 0) is 73.5 Å². The third-order valence-corrected chi connectivity index (χ3v) is 5.27. The van der Waals surface area contributed by atoms with Gasteiger partial charge in [-0.1, -0.05) is 18.2 Å². The van der Waals surface area contributed by atoms with Crippen LogP contribution in [0.2, 0.25) is 0 Å². The Morgan fingerprint density at radius 3 is 2.28 bits per heavy atom. The smallest absolute Gasteiger partial charge is 0.251 e. The summed E-state index contributed by atoms with van der Waals surface area (Å²) >= 11 is 0. The second kappa shape index (κ2) is 11.8. The average molecular weight is 487 g/mol. The monoisotopic (exact) mass is 486 g/mol. The van der Waals surface area contributed by atoms with Crippen LogP contribution in [-0.4, -0.2) is 29.1 Å². The zero-order chi connectivity index (χ0) is 25.3. The van der Waals surface area contributed by atoms with E-state index in [2.05, 4.69) is 20.6 Å². The predicted octanol–water partition coefficient (Wildman–Crippen LogP) is 5.75. The van der Waals surface area contributed by atoms with Gasteiger partial charge >= 0.3 is 0 Å². The van der Waals surface area contributed by atoms with Gasteiger partial charge in [0.1, 0.15) is 5.82 Å². The first-order chi connectivity index (χ1) is 17.6. The van der Waals surface area contributed by atoms with Gasteiger partial charge in [0.05, 0.1) is 13.2 Å². The summed E-state index contributed by atoms with van der Waals surface area (Å²) < 4.78 is 24.7. The number of benzene rings is 3. The van der Waals surface area contributed by atoms with Crippen LogP contribution in [0.4, 0.5) is 16.0 Å². The Labute approximate surface area is 209 Å². The molecule has 1 amide bonds. The lowest BCUT2D eigenvalue weighted by Crippen LogP contribution is -2.22. The zero-order valence-electron chi connectivity index (χ0n) is 20.1. The summed E-state index contributed by atoms with van der Waals surface area (Å²) in [5.74, 6) is 1.24. The number of ether oxygens (including phenoxy) is 2. The summed E-state index contributed by atoms with van der Waals surface area (Å²) in [6, 6.07) is 18.9. The fourth-order valence-corrected chi connectivity index (χ4v) is 3.53. The van der Waals surface area contributed by atoms with Crippen molar-refractivity contribution in [2.24, 2.45) is 0 Å². The van der Waals surface area contributed by atoms with E-state index in [4.69, 9.17) is 9.47 Å². The van der Waals surface area contributed by atoms with E-state index >= 15 is 0 Å². The molecule has 1 aromatic heterocycles. The maximum absolute atomic E-state index is 13.4. The lowest BCUT2D eigenvalue weighted by Gasteiger charge is -2.13. The molecule has 36 heavy (non-hydrogen) atoms. The maximum Gasteiger partial charge on any atom is 0.251 e. The fraction of sp³-hybridized carbons (Fsp3) is 0.179. The van der Waals surface area contributed by atoms with Gasteiger partial charge in [-0.3, -0.25) is 4.79 Å². The molecule has 0 atom stereocenters. The number of hydrogen-bond acceptors (Lipinski definition) is 6. The number of nitrogens with one attached hydrogen (secondary N) is 2. The molecule has 0 bridgehead atoms. The Kier molecular flexibility index (Phi) is 8.08. The minimum Gasteiger partial charge on any atom is -0.490 e. The standard InChI is InChI=1S/C28H27FN4O3/c1-3-35-25-13-8-19(14-26(25)36-4-2)16-30-27(34)20-9-11-24(12-10-20)33-28-31-17-22(18-32-28)21-6-5-7-23(29)15-21/h5-15,17-18H,3-4,16H2,1-2H3,(H,30,34)(H,31,32,33). The number of halogens is 1. The van der Waals surface area contributed by atoms with Crippen molar-refractivity contribution < 1.29 is 18.7 Å². The van der Waals surface area contributed by atoms with Gasteiger partial charge in [0.2, 0.25) is 5.95 Å². The first-order valence-corrected chi connectivity index (χ1v) is 11.7. The molecular formula is C28H27FN4O3. The van der Waals surface area contributed by atoms with Crippen LogP contribution in [0.15, 0.2) is 79.1 Å². The molecule has 7 nitrogen and oxygen atoms in total. The number of anilines is 2. The van der Waals surface area contributed by atoms with E-state index in [9.17, 15) is 9.18 Å². The molecule has 0 aliphatic heterocycles. The van der Waals surface area contributed by atoms with Crippen molar-refractivity contribution in [2.75, 3.05) is 18.5 Å².